The van der Waals surface area contributed by atoms with Crippen LogP contribution in [0.5, 0.6) is 0 Å². The molecule has 0 aliphatic carbocycles. The second-order valence-electron chi connectivity index (χ2n) is 5.67. The van der Waals surface area contributed by atoms with E-state index in [1.54, 1.807) is 6.92 Å². The molecule has 0 spiro atoms. The van der Waals surface area contributed by atoms with Gasteiger partial charge in [-0.05, 0) is 32.7 Å². The van der Waals surface area contributed by atoms with Gasteiger partial charge < -0.3 is 10.4 Å². The largest absolute Gasteiger partial charge is 0.390 e. The van der Waals surface area contributed by atoms with Crippen LogP contribution in [-0.2, 0) is 10.0 Å². The molecule has 1 fully saturated rings. The van der Waals surface area contributed by atoms with Crippen LogP contribution in [0, 0.1) is 0 Å². The minimum atomic E-state index is -3.15. The van der Waals surface area contributed by atoms with Crippen molar-refractivity contribution < 1.29 is 13.5 Å². The van der Waals surface area contributed by atoms with E-state index < -0.39 is 15.6 Å². The van der Waals surface area contributed by atoms with Crippen LogP contribution in [0.3, 0.4) is 0 Å². The van der Waals surface area contributed by atoms with Crippen molar-refractivity contribution in [2.45, 2.75) is 51.7 Å². The van der Waals surface area contributed by atoms with Gasteiger partial charge in [-0.15, -0.1) is 0 Å². The van der Waals surface area contributed by atoms with Crippen molar-refractivity contribution in [1.29, 1.82) is 0 Å². The Morgan fingerprint density at radius 3 is 2.39 bits per heavy atom. The molecule has 1 aliphatic rings. The summed E-state index contributed by atoms with van der Waals surface area (Å²) in [7, 11) is -3.15. The molecule has 0 aromatic heterocycles. The summed E-state index contributed by atoms with van der Waals surface area (Å²) in [6.07, 6.45) is 1.68. The van der Waals surface area contributed by atoms with E-state index >= 15 is 0 Å². The summed E-state index contributed by atoms with van der Waals surface area (Å²) in [6.45, 7) is 7.45. The number of nitrogens with one attached hydrogen (secondary N) is 1. The molecule has 1 heterocycles. The molecule has 108 valence electrons. The smallest absolute Gasteiger partial charge is 0.214 e. The van der Waals surface area contributed by atoms with Gasteiger partial charge in [0.15, 0.2) is 0 Å². The van der Waals surface area contributed by atoms with Gasteiger partial charge in [0, 0.05) is 19.1 Å². The lowest BCUT2D eigenvalue weighted by molar-refractivity contribution is 0.0126. The van der Waals surface area contributed by atoms with Crippen molar-refractivity contribution in [3.63, 3.8) is 0 Å². The molecule has 18 heavy (non-hydrogen) atoms. The molecule has 0 aromatic carbocycles. The van der Waals surface area contributed by atoms with Gasteiger partial charge in [-0.3, -0.25) is 0 Å². The molecule has 0 saturated carbocycles. The van der Waals surface area contributed by atoms with E-state index in [1.807, 2.05) is 13.8 Å². The highest BCUT2D eigenvalue weighted by atomic mass is 32.2. The van der Waals surface area contributed by atoms with E-state index in [0.29, 0.717) is 38.4 Å². The first-order valence-electron chi connectivity index (χ1n) is 6.66. The third kappa shape index (κ3) is 5.22. The number of aliphatic hydroxyl groups is 1. The van der Waals surface area contributed by atoms with Crippen molar-refractivity contribution in [2.24, 2.45) is 0 Å². The maximum atomic E-state index is 12.1. The lowest BCUT2D eigenvalue weighted by Crippen LogP contribution is -2.46. The molecule has 6 heteroatoms. The average Bonchev–Trinajstić information content (AvgIpc) is 2.23. The summed E-state index contributed by atoms with van der Waals surface area (Å²) in [5.41, 5.74) is -0.703. The highest BCUT2D eigenvalue weighted by Gasteiger charge is 2.32. The molecule has 0 radical (unpaired) electrons. The summed E-state index contributed by atoms with van der Waals surface area (Å²) in [5, 5.41) is 13.0. The van der Waals surface area contributed by atoms with Crippen molar-refractivity contribution in [1.82, 2.24) is 9.62 Å². The van der Waals surface area contributed by atoms with E-state index in [9.17, 15) is 13.5 Å². The molecule has 1 saturated heterocycles. The molecule has 0 bridgehead atoms. The van der Waals surface area contributed by atoms with E-state index in [1.165, 1.54) is 4.31 Å². The molecular formula is C12H26N2O3S. The van der Waals surface area contributed by atoms with Gasteiger partial charge in [0.05, 0.1) is 11.4 Å². The van der Waals surface area contributed by atoms with Gasteiger partial charge >= 0.3 is 0 Å². The standard InChI is InChI=1S/C12H26N2O3S/c1-11(2)13-7-4-10-18(16,17)14-8-5-12(3,15)6-9-14/h11,13,15H,4-10H2,1-3H3. The van der Waals surface area contributed by atoms with Crippen LogP contribution in [0.1, 0.15) is 40.0 Å². The lowest BCUT2D eigenvalue weighted by atomic mass is 9.95. The maximum Gasteiger partial charge on any atom is 0.214 e. The number of hydrogen-bond acceptors (Lipinski definition) is 4. The van der Waals surface area contributed by atoms with Crippen LogP contribution >= 0.6 is 0 Å². The molecule has 5 nitrogen and oxygen atoms in total. The second kappa shape index (κ2) is 6.32. The Morgan fingerprint density at radius 1 is 1.33 bits per heavy atom. The zero-order chi connectivity index (χ0) is 13.8. The second-order valence-corrected chi connectivity index (χ2v) is 7.76. The Balaban J connectivity index is 2.36. The quantitative estimate of drug-likeness (QED) is 0.696. The Labute approximate surface area is 111 Å². The molecule has 0 amide bonds. The van der Waals surface area contributed by atoms with Gasteiger partial charge in [-0.2, -0.15) is 0 Å². The first-order valence-corrected chi connectivity index (χ1v) is 8.27. The van der Waals surface area contributed by atoms with Gasteiger partial charge in [0.25, 0.3) is 0 Å². The summed E-state index contributed by atoms with van der Waals surface area (Å²) in [4.78, 5) is 0. The fourth-order valence-electron chi connectivity index (χ4n) is 2.02. The van der Waals surface area contributed by atoms with Gasteiger partial charge in [0.2, 0.25) is 10.0 Å². The highest BCUT2D eigenvalue weighted by Crippen LogP contribution is 2.23. The highest BCUT2D eigenvalue weighted by molar-refractivity contribution is 7.89. The summed E-state index contributed by atoms with van der Waals surface area (Å²) in [6, 6.07) is 0.387. The number of hydrogen-bond donors (Lipinski definition) is 2. The molecule has 0 unspecified atom stereocenters. The molecule has 0 aromatic rings. The Kier molecular flexibility index (Phi) is 5.58. The van der Waals surface area contributed by atoms with Gasteiger partial charge in [-0.1, -0.05) is 13.8 Å². The molecular weight excluding hydrogens is 252 g/mol. The Morgan fingerprint density at radius 2 is 1.89 bits per heavy atom. The Hall–Kier alpha value is -0.170. The van der Waals surface area contributed by atoms with E-state index in [2.05, 4.69) is 5.32 Å². The summed E-state index contributed by atoms with van der Waals surface area (Å²) >= 11 is 0. The van der Waals surface area contributed by atoms with Crippen molar-refractivity contribution in [3.05, 3.63) is 0 Å². The molecule has 0 atom stereocenters. The van der Waals surface area contributed by atoms with Crippen LogP contribution in [0.2, 0.25) is 0 Å². The van der Waals surface area contributed by atoms with Crippen LogP contribution < -0.4 is 5.32 Å². The summed E-state index contributed by atoms with van der Waals surface area (Å²) in [5.74, 6) is 0.189. The minimum absolute atomic E-state index is 0.189. The van der Waals surface area contributed by atoms with Gasteiger partial charge in [-0.25, -0.2) is 12.7 Å². The monoisotopic (exact) mass is 278 g/mol. The van der Waals surface area contributed by atoms with E-state index in [0.717, 1.165) is 6.54 Å². The summed E-state index contributed by atoms with van der Waals surface area (Å²) < 4.78 is 25.6. The number of piperidine rings is 1. The molecule has 1 aliphatic heterocycles. The SMILES string of the molecule is CC(C)NCCCS(=O)(=O)N1CCC(C)(O)CC1. The minimum Gasteiger partial charge on any atom is -0.390 e. The third-order valence-electron chi connectivity index (χ3n) is 3.32. The van der Waals surface area contributed by atoms with E-state index in [-0.39, 0.29) is 5.75 Å². The van der Waals surface area contributed by atoms with Crippen LogP contribution in [-0.4, -0.2) is 54.9 Å². The van der Waals surface area contributed by atoms with Crippen LogP contribution in [0.25, 0.3) is 0 Å². The Bertz CT molecular complexity index is 342. The van der Waals surface area contributed by atoms with Crippen LogP contribution in [0.4, 0.5) is 0 Å². The third-order valence-corrected chi connectivity index (χ3v) is 5.28. The van der Waals surface area contributed by atoms with Crippen molar-refractivity contribution in [3.8, 4) is 0 Å². The average molecular weight is 278 g/mol. The predicted octanol–water partition coefficient (Wildman–Crippen LogP) is 0.551. The lowest BCUT2D eigenvalue weighted by Gasteiger charge is -2.35. The fourth-order valence-corrected chi connectivity index (χ4v) is 3.53. The van der Waals surface area contributed by atoms with Crippen LogP contribution in [0.15, 0.2) is 0 Å². The zero-order valence-corrected chi connectivity index (χ0v) is 12.5. The topological polar surface area (TPSA) is 69.6 Å². The predicted molar refractivity (Wildman–Crippen MR) is 73.0 cm³/mol. The normalized spacial score (nSPS) is 21.4. The van der Waals surface area contributed by atoms with Crippen molar-refractivity contribution in [2.75, 3.05) is 25.4 Å². The fraction of sp³-hybridized carbons (Fsp3) is 1.00. The first-order chi connectivity index (χ1) is 8.23. The number of sulfonamides is 1. The number of rotatable bonds is 6. The maximum absolute atomic E-state index is 12.1. The van der Waals surface area contributed by atoms with Crippen molar-refractivity contribution >= 4 is 10.0 Å². The number of nitrogens with zero attached hydrogens (tertiary/aromatic N) is 1. The zero-order valence-electron chi connectivity index (χ0n) is 11.6. The molecule has 1 rings (SSSR count). The first kappa shape index (κ1) is 15.9. The van der Waals surface area contributed by atoms with E-state index in [4.69, 9.17) is 0 Å². The van der Waals surface area contributed by atoms with Gasteiger partial charge in [0.1, 0.15) is 0 Å². The molecule has 2 N–H and O–H groups in total.